The molecule has 0 unspecified atom stereocenters. The van der Waals surface area contributed by atoms with Gasteiger partial charge in [0.05, 0.1) is 12.5 Å². The molecule has 1 amide bonds. The lowest BCUT2D eigenvalue weighted by molar-refractivity contribution is -0.138. The average molecular weight is 302 g/mol. The van der Waals surface area contributed by atoms with Crippen LogP contribution in [0.25, 0.3) is 0 Å². The molecule has 3 rings (SSSR count). The number of benzene rings is 1. The Kier molecular flexibility index (Phi) is 4.13. The molecule has 22 heavy (non-hydrogen) atoms. The highest BCUT2D eigenvalue weighted by Gasteiger charge is 2.54. The van der Waals surface area contributed by atoms with Crippen molar-refractivity contribution in [1.82, 2.24) is 10.2 Å². The zero-order valence-corrected chi connectivity index (χ0v) is 13.8. The molecule has 1 spiro atoms. The summed E-state index contributed by atoms with van der Waals surface area (Å²) in [7, 11) is 1.68. The summed E-state index contributed by atoms with van der Waals surface area (Å²) >= 11 is 0. The fourth-order valence-corrected chi connectivity index (χ4v) is 4.00. The number of hydrogen-bond donors (Lipinski definition) is 1. The molecule has 2 aliphatic rings. The highest BCUT2D eigenvalue weighted by molar-refractivity contribution is 5.87. The summed E-state index contributed by atoms with van der Waals surface area (Å²) in [6, 6.07) is 8.51. The van der Waals surface area contributed by atoms with Crippen LogP contribution in [0, 0.1) is 5.41 Å². The van der Waals surface area contributed by atoms with Crippen LogP contribution in [-0.4, -0.2) is 43.6 Å². The molecule has 4 heteroatoms. The lowest BCUT2D eigenvalue weighted by Crippen LogP contribution is -2.48. The van der Waals surface area contributed by atoms with Crippen molar-refractivity contribution < 1.29 is 9.53 Å². The van der Waals surface area contributed by atoms with Crippen molar-refractivity contribution in [3.05, 3.63) is 29.8 Å². The maximum Gasteiger partial charge on any atom is 0.231 e. The van der Waals surface area contributed by atoms with Gasteiger partial charge in [0, 0.05) is 25.0 Å². The molecule has 2 heterocycles. The minimum absolute atomic E-state index is 0.259. The predicted octanol–water partition coefficient (Wildman–Crippen LogP) is 2.40. The second kappa shape index (κ2) is 5.92. The molecule has 4 nitrogen and oxygen atoms in total. The zero-order chi connectivity index (χ0) is 15.7. The third-order valence-corrected chi connectivity index (χ3v) is 5.29. The van der Waals surface area contributed by atoms with Crippen LogP contribution >= 0.6 is 0 Å². The molecular weight excluding hydrogens is 276 g/mol. The van der Waals surface area contributed by atoms with Gasteiger partial charge < -0.3 is 15.0 Å². The Bertz CT molecular complexity index is 533. The molecule has 2 atom stereocenters. The number of methoxy groups -OCH3 is 1. The van der Waals surface area contributed by atoms with Crippen LogP contribution in [0.15, 0.2) is 24.3 Å². The van der Waals surface area contributed by atoms with Crippen molar-refractivity contribution in [1.29, 1.82) is 0 Å². The second-order valence-electron chi connectivity index (χ2n) is 6.81. The third kappa shape index (κ3) is 2.39. The molecule has 2 fully saturated rings. The van der Waals surface area contributed by atoms with E-state index in [1.807, 2.05) is 12.1 Å². The number of amides is 1. The predicted molar refractivity (Wildman–Crippen MR) is 87.1 cm³/mol. The summed E-state index contributed by atoms with van der Waals surface area (Å²) in [5.74, 6) is 1.46. The Morgan fingerprint density at radius 2 is 2.05 bits per heavy atom. The van der Waals surface area contributed by atoms with Crippen molar-refractivity contribution in [2.24, 2.45) is 5.41 Å². The summed E-state index contributed by atoms with van der Waals surface area (Å²) in [6.45, 7) is 6.86. The number of ether oxygens (including phenoxy) is 1. The maximum atomic E-state index is 13.1. The highest BCUT2D eigenvalue weighted by Crippen LogP contribution is 2.48. The van der Waals surface area contributed by atoms with E-state index in [9.17, 15) is 4.79 Å². The number of likely N-dealkylation sites (tertiary alicyclic amines) is 1. The van der Waals surface area contributed by atoms with Crippen LogP contribution in [0.1, 0.15) is 38.2 Å². The molecule has 1 aromatic rings. The van der Waals surface area contributed by atoms with Gasteiger partial charge in [0.2, 0.25) is 5.91 Å². The molecule has 2 saturated heterocycles. The molecule has 0 radical (unpaired) electrons. The van der Waals surface area contributed by atoms with Gasteiger partial charge >= 0.3 is 0 Å². The zero-order valence-electron chi connectivity index (χ0n) is 13.8. The van der Waals surface area contributed by atoms with E-state index in [1.54, 1.807) is 7.11 Å². The fraction of sp³-hybridized carbons (Fsp3) is 0.611. The van der Waals surface area contributed by atoms with Gasteiger partial charge in [0.1, 0.15) is 5.75 Å². The van der Waals surface area contributed by atoms with Crippen molar-refractivity contribution in [2.75, 3.05) is 26.7 Å². The number of carbonyl (C=O) groups excluding carboxylic acids is 1. The normalized spacial score (nSPS) is 28.6. The Morgan fingerprint density at radius 3 is 2.59 bits per heavy atom. The van der Waals surface area contributed by atoms with Gasteiger partial charge in [-0.1, -0.05) is 12.1 Å². The van der Waals surface area contributed by atoms with Gasteiger partial charge in [-0.05, 0) is 50.9 Å². The van der Waals surface area contributed by atoms with Crippen molar-refractivity contribution in [2.45, 2.75) is 38.6 Å². The van der Waals surface area contributed by atoms with Crippen molar-refractivity contribution in [3.63, 3.8) is 0 Å². The summed E-state index contributed by atoms with van der Waals surface area (Å²) in [6.07, 6.45) is 2.06. The molecule has 0 aromatic heterocycles. The molecule has 0 aliphatic carbocycles. The number of carbonyl (C=O) groups is 1. The lowest BCUT2D eigenvalue weighted by Gasteiger charge is -2.37. The minimum Gasteiger partial charge on any atom is -0.497 e. The number of nitrogens with zero attached hydrogens (tertiary/aromatic N) is 1. The summed E-state index contributed by atoms with van der Waals surface area (Å²) < 4.78 is 5.26. The van der Waals surface area contributed by atoms with Crippen molar-refractivity contribution >= 4 is 5.91 Å². The van der Waals surface area contributed by atoms with E-state index in [4.69, 9.17) is 4.74 Å². The third-order valence-electron chi connectivity index (χ3n) is 5.29. The first-order chi connectivity index (χ1) is 10.6. The van der Waals surface area contributed by atoms with E-state index in [2.05, 4.69) is 36.2 Å². The average Bonchev–Trinajstić information content (AvgIpc) is 2.82. The van der Waals surface area contributed by atoms with Crippen LogP contribution in [-0.2, 0) is 4.79 Å². The van der Waals surface area contributed by atoms with E-state index in [0.29, 0.717) is 5.91 Å². The van der Waals surface area contributed by atoms with Gasteiger partial charge in [0.25, 0.3) is 0 Å². The maximum absolute atomic E-state index is 13.1. The monoisotopic (exact) mass is 302 g/mol. The summed E-state index contributed by atoms with van der Waals surface area (Å²) in [5.41, 5.74) is 0.984. The Labute approximate surface area is 132 Å². The number of piperidine rings is 1. The summed E-state index contributed by atoms with van der Waals surface area (Å²) in [4.78, 5) is 15.1. The van der Waals surface area contributed by atoms with E-state index >= 15 is 0 Å². The number of hydrogen-bond acceptors (Lipinski definition) is 3. The largest absolute Gasteiger partial charge is 0.497 e. The van der Waals surface area contributed by atoms with E-state index in [0.717, 1.165) is 38.2 Å². The first-order valence-corrected chi connectivity index (χ1v) is 8.24. The quantitative estimate of drug-likeness (QED) is 0.932. The van der Waals surface area contributed by atoms with Crippen LogP contribution in [0.2, 0.25) is 0 Å². The smallest absolute Gasteiger partial charge is 0.231 e. The van der Waals surface area contributed by atoms with Gasteiger partial charge in [-0.15, -0.1) is 0 Å². The highest BCUT2D eigenvalue weighted by atomic mass is 16.5. The Morgan fingerprint density at radius 1 is 1.32 bits per heavy atom. The first-order valence-electron chi connectivity index (χ1n) is 8.24. The number of nitrogens with one attached hydrogen (secondary N) is 1. The molecule has 2 aliphatic heterocycles. The van der Waals surface area contributed by atoms with Crippen molar-refractivity contribution in [3.8, 4) is 5.75 Å². The molecule has 0 bridgehead atoms. The van der Waals surface area contributed by atoms with E-state index < -0.39 is 0 Å². The molecule has 120 valence electrons. The van der Waals surface area contributed by atoms with Crippen LogP contribution < -0.4 is 10.1 Å². The molecule has 0 saturated carbocycles. The first kappa shape index (κ1) is 15.3. The summed E-state index contributed by atoms with van der Waals surface area (Å²) in [5, 5.41) is 3.46. The lowest BCUT2D eigenvalue weighted by atomic mass is 9.69. The van der Waals surface area contributed by atoms with Gasteiger partial charge in [0.15, 0.2) is 0 Å². The Hall–Kier alpha value is -1.55. The van der Waals surface area contributed by atoms with Crippen LogP contribution in [0.3, 0.4) is 0 Å². The standard InChI is InChI=1S/C18H26N2O2/c1-13(2)20-11-16(14-5-7-15(22-3)8-6-14)18(17(20)21)9-4-10-19-12-18/h5-8,13,16,19H,4,9-12H2,1-3H3/t16-,18-/m0/s1. The number of rotatable bonds is 3. The van der Waals surface area contributed by atoms with Gasteiger partial charge in [-0.25, -0.2) is 0 Å². The topological polar surface area (TPSA) is 41.6 Å². The molecule has 1 aromatic carbocycles. The van der Waals surface area contributed by atoms with Gasteiger partial charge in [-0.2, -0.15) is 0 Å². The molecular formula is C18H26N2O2. The molecule has 1 N–H and O–H groups in total. The Balaban J connectivity index is 1.97. The van der Waals surface area contributed by atoms with E-state index in [-0.39, 0.29) is 17.4 Å². The van der Waals surface area contributed by atoms with Gasteiger partial charge in [-0.3, -0.25) is 4.79 Å². The minimum atomic E-state index is -0.267. The van der Waals surface area contributed by atoms with Crippen LogP contribution in [0.5, 0.6) is 5.75 Å². The van der Waals surface area contributed by atoms with E-state index in [1.165, 1.54) is 5.56 Å². The SMILES string of the molecule is COc1ccc([C@@H]2CN(C(C)C)C(=O)[C@]23CCCNC3)cc1. The fourth-order valence-electron chi connectivity index (χ4n) is 4.00. The van der Waals surface area contributed by atoms with Crippen LogP contribution in [0.4, 0.5) is 0 Å². The second-order valence-corrected chi connectivity index (χ2v) is 6.81.